The molecule has 22 heavy (non-hydrogen) atoms. The largest absolute Gasteiger partial charge is 0.372 e. The number of carbonyl (C=O) groups excluding carboxylic acids is 1. The Kier molecular flexibility index (Phi) is 7.88. The van der Waals surface area contributed by atoms with Gasteiger partial charge in [0.25, 0.3) is 0 Å². The van der Waals surface area contributed by atoms with Crippen molar-refractivity contribution in [3.63, 3.8) is 0 Å². The molecule has 124 valence electrons. The van der Waals surface area contributed by atoms with Crippen molar-refractivity contribution in [1.29, 1.82) is 0 Å². The molecule has 0 aliphatic carbocycles. The van der Waals surface area contributed by atoms with Crippen LogP contribution in [0.1, 0.15) is 33.1 Å². The molecule has 1 fully saturated rings. The highest BCUT2D eigenvalue weighted by Crippen LogP contribution is 2.22. The first-order chi connectivity index (χ1) is 10.5. The van der Waals surface area contributed by atoms with Crippen LogP contribution in [0, 0.1) is 5.92 Å². The van der Waals surface area contributed by atoms with Crippen LogP contribution in [0.15, 0.2) is 29.0 Å². The van der Waals surface area contributed by atoms with Crippen LogP contribution < -0.4 is 5.73 Å². The lowest BCUT2D eigenvalue weighted by atomic mass is 9.95. The summed E-state index contributed by atoms with van der Waals surface area (Å²) in [7, 11) is 1.88. The molecule has 0 aromatic carbocycles. The van der Waals surface area contributed by atoms with Crippen molar-refractivity contribution in [2.45, 2.75) is 39.2 Å². The molecule has 5 heteroatoms. The topological polar surface area (TPSA) is 61.9 Å². The van der Waals surface area contributed by atoms with Crippen LogP contribution in [0.3, 0.4) is 0 Å². The first kappa shape index (κ1) is 18.4. The number of aliphatic imine (C=N–C) groups is 1. The van der Waals surface area contributed by atoms with E-state index in [1.807, 2.05) is 31.9 Å². The Balaban J connectivity index is 2.49. The van der Waals surface area contributed by atoms with E-state index in [4.69, 9.17) is 5.73 Å². The fraction of sp³-hybridized carbons (Fsp3) is 0.647. The number of rotatable bonds is 7. The van der Waals surface area contributed by atoms with Crippen LogP contribution in [-0.4, -0.2) is 55.1 Å². The lowest BCUT2D eigenvalue weighted by molar-refractivity contribution is -0.135. The zero-order valence-electron chi connectivity index (χ0n) is 14.2. The molecule has 5 nitrogen and oxygen atoms in total. The number of likely N-dealkylation sites (tertiary alicyclic amines) is 1. The van der Waals surface area contributed by atoms with Crippen molar-refractivity contribution in [2.75, 3.05) is 26.7 Å². The van der Waals surface area contributed by atoms with Gasteiger partial charge in [-0.3, -0.25) is 9.79 Å². The monoisotopic (exact) mass is 306 g/mol. The highest BCUT2D eigenvalue weighted by molar-refractivity contribution is 5.78. The van der Waals surface area contributed by atoms with Crippen LogP contribution >= 0.6 is 0 Å². The van der Waals surface area contributed by atoms with Crippen LogP contribution in [0.25, 0.3) is 0 Å². The zero-order chi connectivity index (χ0) is 16.5. The molecule has 1 aliphatic rings. The Labute approximate surface area is 134 Å². The summed E-state index contributed by atoms with van der Waals surface area (Å²) in [5.41, 5.74) is 6.90. The van der Waals surface area contributed by atoms with E-state index in [0.29, 0.717) is 0 Å². The minimum atomic E-state index is 0.133. The summed E-state index contributed by atoms with van der Waals surface area (Å²) in [6, 6.07) is 0.139. The van der Waals surface area contributed by atoms with E-state index in [-0.39, 0.29) is 17.9 Å². The summed E-state index contributed by atoms with van der Waals surface area (Å²) in [6.07, 6.45) is 8.38. The van der Waals surface area contributed by atoms with Gasteiger partial charge >= 0.3 is 0 Å². The Morgan fingerprint density at radius 2 is 2.14 bits per heavy atom. The van der Waals surface area contributed by atoms with Gasteiger partial charge in [0.2, 0.25) is 5.91 Å². The molecule has 1 atom stereocenters. The van der Waals surface area contributed by atoms with Crippen molar-refractivity contribution < 1.29 is 4.79 Å². The molecule has 2 N–H and O–H groups in total. The van der Waals surface area contributed by atoms with Crippen LogP contribution in [-0.2, 0) is 4.79 Å². The Morgan fingerprint density at radius 3 is 2.64 bits per heavy atom. The van der Waals surface area contributed by atoms with Gasteiger partial charge in [0.05, 0.1) is 0 Å². The third-order valence-electron chi connectivity index (χ3n) is 4.15. The Morgan fingerprint density at radius 1 is 1.50 bits per heavy atom. The summed E-state index contributed by atoms with van der Waals surface area (Å²) in [4.78, 5) is 20.3. The standard InChI is InChI=1S/C17H30N4O/c1-5-16(6-10-19-3)21-12-8-15(9-13-21)17(22)20(4)11-7-14(2)18/h5-6,10,14-15H,3,7-9,11-13,18H2,1-2,4H3/b10-6-,16-5+. The first-order valence-corrected chi connectivity index (χ1v) is 8.03. The lowest BCUT2D eigenvalue weighted by Crippen LogP contribution is -2.41. The quantitative estimate of drug-likeness (QED) is 0.578. The van der Waals surface area contributed by atoms with Crippen molar-refractivity contribution in [2.24, 2.45) is 16.6 Å². The second-order valence-electron chi connectivity index (χ2n) is 6.00. The fourth-order valence-corrected chi connectivity index (χ4v) is 2.72. The maximum absolute atomic E-state index is 12.4. The van der Waals surface area contributed by atoms with Crippen molar-refractivity contribution in [3.8, 4) is 0 Å². The summed E-state index contributed by atoms with van der Waals surface area (Å²) in [5, 5.41) is 0. The molecule has 0 saturated carbocycles. The molecule has 1 rings (SSSR count). The van der Waals surface area contributed by atoms with E-state index in [1.54, 1.807) is 6.20 Å². The molecular weight excluding hydrogens is 276 g/mol. The number of allylic oxidation sites excluding steroid dienone is 2. The molecule has 0 radical (unpaired) electrons. The van der Waals surface area contributed by atoms with Gasteiger partial charge in [-0.05, 0) is 45.9 Å². The number of hydrogen-bond donors (Lipinski definition) is 1. The van der Waals surface area contributed by atoms with E-state index in [0.717, 1.165) is 44.6 Å². The van der Waals surface area contributed by atoms with Gasteiger partial charge < -0.3 is 15.5 Å². The zero-order valence-corrected chi connectivity index (χ0v) is 14.2. The number of piperidine rings is 1. The predicted octanol–water partition coefficient (Wildman–Crippen LogP) is 2.01. The molecule has 1 saturated heterocycles. The maximum Gasteiger partial charge on any atom is 0.225 e. The van der Waals surface area contributed by atoms with E-state index in [9.17, 15) is 4.79 Å². The lowest BCUT2D eigenvalue weighted by Gasteiger charge is -2.35. The second kappa shape index (κ2) is 9.41. The normalized spacial score (nSPS) is 18.5. The molecule has 0 aromatic rings. The summed E-state index contributed by atoms with van der Waals surface area (Å²) in [6.45, 7) is 9.99. The van der Waals surface area contributed by atoms with E-state index >= 15 is 0 Å². The third kappa shape index (κ3) is 5.64. The van der Waals surface area contributed by atoms with Crippen molar-refractivity contribution >= 4 is 12.6 Å². The fourth-order valence-electron chi connectivity index (χ4n) is 2.72. The number of carbonyl (C=O) groups is 1. The maximum atomic E-state index is 12.4. The molecule has 1 unspecified atom stereocenters. The smallest absolute Gasteiger partial charge is 0.225 e. The highest BCUT2D eigenvalue weighted by atomic mass is 16.2. The SMILES string of the molecule is C=N/C=C\C(=C/C)N1CCC(C(=O)N(C)CCC(C)N)CC1. The second-order valence-corrected chi connectivity index (χ2v) is 6.00. The van der Waals surface area contributed by atoms with Gasteiger partial charge in [-0.15, -0.1) is 0 Å². The molecule has 0 aromatic heterocycles. The average Bonchev–Trinajstić information content (AvgIpc) is 2.53. The molecule has 0 bridgehead atoms. The van der Waals surface area contributed by atoms with E-state index in [2.05, 4.69) is 22.7 Å². The minimum Gasteiger partial charge on any atom is -0.372 e. The molecular formula is C17H30N4O. The van der Waals surface area contributed by atoms with Gasteiger partial charge in [-0.25, -0.2) is 0 Å². The molecule has 0 spiro atoms. The summed E-state index contributed by atoms with van der Waals surface area (Å²) in [5.74, 6) is 0.388. The van der Waals surface area contributed by atoms with Crippen LogP contribution in [0.2, 0.25) is 0 Å². The number of nitrogens with zero attached hydrogens (tertiary/aromatic N) is 3. The van der Waals surface area contributed by atoms with Crippen LogP contribution in [0.5, 0.6) is 0 Å². The van der Waals surface area contributed by atoms with Gasteiger partial charge in [0.15, 0.2) is 0 Å². The molecule has 1 amide bonds. The molecule has 1 heterocycles. The van der Waals surface area contributed by atoms with E-state index in [1.165, 1.54) is 0 Å². The Hall–Kier alpha value is -1.62. The van der Waals surface area contributed by atoms with Crippen molar-refractivity contribution in [3.05, 3.63) is 24.0 Å². The number of nitrogens with two attached hydrogens (primary N) is 1. The minimum absolute atomic E-state index is 0.133. The average molecular weight is 306 g/mol. The van der Waals surface area contributed by atoms with Gasteiger partial charge in [0.1, 0.15) is 0 Å². The van der Waals surface area contributed by atoms with Crippen LogP contribution in [0.4, 0.5) is 0 Å². The Bertz CT molecular complexity index is 420. The third-order valence-corrected chi connectivity index (χ3v) is 4.15. The predicted molar refractivity (Wildman–Crippen MR) is 92.6 cm³/mol. The highest BCUT2D eigenvalue weighted by Gasteiger charge is 2.27. The molecule has 1 aliphatic heterocycles. The van der Waals surface area contributed by atoms with Gasteiger partial charge in [-0.1, -0.05) is 6.08 Å². The first-order valence-electron chi connectivity index (χ1n) is 8.03. The summed E-state index contributed by atoms with van der Waals surface area (Å²) >= 11 is 0. The number of hydrogen-bond acceptors (Lipinski definition) is 4. The van der Waals surface area contributed by atoms with Gasteiger partial charge in [0, 0.05) is 50.5 Å². The van der Waals surface area contributed by atoms with Gasteiger partial charge in [-0.2, -0.15) is 0 Å². The summed E-state index contributed by atoms with van der Waals surface area (Å²) < 4.78 is 0. The number of amides is 1. The van der Waals surface area contributed by atoms with Crippen molar-refractivity contribution in [1.82, 2.24) is 9.80 Å². The van der Waals surface area contributed by atoms with E-state index < -0.39 is 0 Å².